The lowest BCUT2D eigenvalue weighted by Crippen LogP contribution is -2.28. The maximum Gasteiger partial charge on any atom is 0.142 e. The number of rotatable bonds is 3. The summed E-state index contributed by atoms with van der Waals surface area (Å²) in [7, 11) is 0. The molecule has 1 atom stereocenters. The molecular weight excluding hydrogens is 226 g/mol. The third-order valence-electron chi connectivity index (χ3n) is 2.67. The lowest BCUT2D eigenvalue weighted by molar-refractivity contribution is 0.00709. The zero-order valence-corrected chi connectivity index (χ0v) is 9.87. The van der Waals surface area contributed by atoms with Gasteiger partial charge in [-0.05, 0) is 18.9 Å². The van der Waals surface area contributed by atoms with E-state index < -0.39 is 0 Å². The van der Waals surface area contributed by atoms with E-state index in [9.17, 15) is 0 Å². The van der Waals surface area contributed by atoms with Crippen LogP contribution in [0.5, 0.6) is 5.75 Å². The molecule has 1 aromatic carbocycles. The highest BCUT2D eigenvalue weighted by Gasteiger charge is 2.18. The van der Waals surface area contributed by atoms with Crippen LogP contribution in [0.15, 0.2) is 18.2 Å². The number of hydrogen-bond acceptors (Lipinski definition) is 3. The van der Waals surface area contributed by atoms with Crippen molar-refractivity contribution >= 4 is 11.6 Å². The van der Waals surface area contributed by atoms with Gasteiger partial charge in [-0.3, -0.25) is 0 Å². The van der Waals surface area contributed by atoms with Crippen LogP contribution in [-0.2, 0) is 11.3 Å². The van der Waals surface area contributed by atoms with Gasteiger partial charge in [0.1, 0.15) is 11.9 Å². The van der Waals surface area contributed by atoms with Crippen molar-refractivity contribution in [1.29, 1.82) is 0 Å². The molecule has 1 aromatic rings. The van der Waals surface area contributed by atoms with Crippen molar-refractivity contribution in [1.82, 2.24) is 0 Å². The molecule has 2 rings (SSSR count). The summed E-state index contributed by atoms with van der Waals surface area (Å²) < 4.78 is 11.2. The summed E-state index contributed by atoms with van der Waals surface area (Å²) in [6.07, 6.45) is 2.14. The van der Waals surface area contributed by atoms with Gasteiger partial charge in [-0.15, -0.1) is 0 Å². The Kier molecular flexibility index (Phi) is 4.04. The molecule has 0 aromatic heterocycles. The third kappa shape index (κ3) is 2.67. The summed E-state index contributed by atoms with van der Waals surface area (Å²) in [6.45, 7) is 1.89. The number of halogens is 1. The fourth-order valence-electron chi connectivity index (χ4n) is 1.82. The van der Waals surface area contributed by atoms with Gasteiger partial charge in [-0.2, -0.15) is 0 Å². The van der Waals surface area contributed by atoms with E-state index in [0.29, 0.717) is 23.9 Å². The van der Waals surface area contributed by atoms with Crippen molar-refractivity contribution < 1.29 is 9.47 Å². The van der Waals surface area contributed by atoms with Crippen LogP contribution in [0.2, 0.25) is 5.02 Å². The third-order valence-corrected chi connectivity index (χ3v) is 2.97. The number of ether oxygens (including phenoxy) is 2. The molecule has 1 unspecified atom stereocenters. The molecule has 1 heterocycles. The van der Waals surface area contributed by atoms with Crippen LogP contribution in [0.1, 0.15) is 18.4 Å². The molecule has 0 amide bonds. The van der Waals surface area contributed by atoms with E-state index >= 15 is 0 Å². The molecule has 4 heteroatoms. The van der Waals surface area contributed by atoms with E-state index in [0.717, 1.165) is 25.0 Å². The van der Waals surface area contributed by atoms with Gasteiger partial charge in [-0.25, -0.2) is 0 Å². The maximum atomic E-state index is 6.11. The molecule has 1 aliphatic heterocycles. The van der Waals surface area contributed by atoms with Gasteiger partial charge >= 0.3 is 0 Å². The average Bonchev–Trinajstić information content (AvgIpc) is 2.33. The Labute approximate surface area is 100 Å². The highest BCUT2D eigenvalue weighted by Crippen LogP contribution is 2.30. The van der Waals surface area contributed by atoms with E-state index in [2.05, 4.69) is 0 Å². The minimum Gasteiger partial charge on any atom is -0.486 e. The molecule has 1 aliphatic rings. The van der Waals surface area contributed by atoms with Crippen LogP contribution in [0, 0.1) is 0 Å². The van der Waals surface area contributed by atoms with E-state index in [1.807, 2.05) is 18.2 Å². The molecular formula is C12H16ClNO2. The molecule has 1 saturated heterocycles. The second-order valence-electron chi connectivity index (χ2n) is 3.89. The Bertz CT molecular complexity index is 351. The Morgan fingerprint density at radius 1 is 1.50 bits per heavy atom. The molecule has 0 bridgehead atoms. The van der Waals surface area contributed by atoms with Crippen molar-refractivity contribution in [2.24, 2.45) is 5.73 Å². The van der Waals surface area contributed by atoms with Crippen molar-refractivity contribution in [3.05, 3.63) is 28.8 Å². The Hall–Kier alpha value is -0.770. The minimum atomic E-state index is 0.0962. The summed E-state index contributed by atoms with van der Waals surface area (Å²) in [5.74, 6) is 0.710. The zero-order valence-electron chi connectivity index (χ0n) is 9.12. The molecule has 16 heavy (non-hydrogen) atoms. The number of nitrogens with two attached hydrogens (primary N) is 1. The fraction of sp³-hybridized carbons (Fsp3) is 0.500. The van der Waals surface area contributed by atoms with Gasteiger partial charge in [-0.1, -0.05) is 23.7 Å². The summed E-state index contributed by atoms with van der Waals surface area (Å²) in [6, 6.07) is 5.64. The van der Waals surface area contributed by atoms with Crippen LogP contribution in [-0.4, -0.2) is 19.3 Å². The Morgan fingerprint density at radius 3 is 3.06 bits per heavy atom. The quantitative estimate of drug-likeness (QED) is 0.884. The molecule has 0 saturated carbocycles. The Balaban J connectivity index is 2.12. The average molecular weight is 242 g/mol. The number of benzene rings is 1. The summed E-state index contributed by atoms with van der Waals surface area (Å²) in [5, 5.41) is 0.619. The second-order valence-corrected chi connectivity index (χ2v) is 4.30. The van der Waals surface area contributed by atoms with Crippen molar-refractivity contribution in [2.75, 3.05) is 13.2 Å². The lowest BCUT2D eigenvalue weighted by atomic mass is 10.1. The van der Waals surface area contributed by atoms with E-state index in [-0.39, 0.29) is 6.10 Å². The highest BCUT2D eigenvalue weighted by molar-refractivity contribution is 6.32. The van der Waals surface area contributed by atoms with Crippen LogP contribution in [0.25, 0.3) is 0 Å². The molecule has 88 valence electrons. The predicted octanol–water partition coefficient (Wildman–Crippen LogP) is 2.36. The number of hydrogen-bond donors (Lipinski definition) is 1. The first-order chi connectivity index (χ1) is 7.81. The molecule has 3 nitrogen and oxygen atoms in total. The van der Waals surface area contributed by atoms with Gasteiger partial charge in [0.05, 0.1) is 11.6 Å². The van der Waals surface area contributed by atoms with E-state index in [1.54, 1.807) is 0 Å². The first-order valence-electron chi connectivity index (χ1n) is 5.53. The largest absolute Gasteiger partial charge is 0.486 e. The molecule has 2 N–H and O–H groups in total. The SMILES string of the molecule is NCc1cccc(Cl)c1OC1CCCOC1. The molecule has 0 radical (unpaired) electrons. The van der Waals surface area contributed by atoms with Gasteiger partial charge in [0.2, 0.25) is 0 Å². The maximum absolute atomic E-state index is 6.11. The molecule has 0 aliphatic carbocycles. The summed E-state index contributed by atoms with van der Waals surface area (Å²) >= 11 is 6.11. The molecule has 1 fully saturated rings. The molecule has 0 spiro atoms. The van der Waals surface area contributed by atoms with Crippen LogP contribution in [0.3, 0.4) is 0 Å². The van der Waals surface area contributed by atoms with Gasteiger partial charge in [0, 0.05) is 18.7 Å². The minimum absolute atomic E-state index is 0.0962. The first-order valence-corrected chi connectivity index (χ1v) is 5.91. The fourth-order valence-corrected chi connectivity index (χ4v) is 2.06. The van der Waals surface area contributed by atoms with Crippen LogP contribution in [0.4, 0.5) is 0 Å². The smallest absolute Gasteiger partial charge is 0.142 e. The zero-order chi connectivity index (χ0) is 11.4. The van der Waals surface area contributed by atoms with E-state index in [4.69, 9.17) is 26.8 Å². The van der Waals surface area contributed by atoms with Crippen molar-refractivity contribution in [3.63, 3.8) is 0 Å². The van der Waals surface area contributed by atoms with Crippen molar-refractivity contribution in [3.8, 4) is 5.75 Å². The normalized spacial score (nSPS) is 20.8. The van der Waals surface area contributed by atoms with E-state index in [1.165, 1.54) is 0 Å². The van der Waals surface area contributed by atoms with Gasteiger partial charge < -0.3 is 15.2 Å². The Morgan fingerprint density at radius 2 is 2.38 bits per heavy atom. The predicted molar refractivity (Wildman–Crippen MR) is 63.8 cm³/mol. The van der Waals surface area contributed by atoms with Crippen LogP contribution >= 0.6 is 11.6 Å². The highest BCUT2D eigenvalue weighted by atomic mass is 35.5. The monoisotopic (exact) mass is 241 g/mol. The van der Waals surface area contributed by atoms with Gasteiger partial charge in [0.15, 0.2) is 0 Å². The van der Waals surface area contributed by atoms with Crippen LogP contribution < -0.4 is 10.5 Å². The van der Waals surface area contributed by atoms with Gasteiger partial charge in [0.25, 0.3) is 0 Å². The first kappa shape index (κ1) is 11.7. The second kappa shape index (κ2) is 5.53. The number of para-hydroxylation sites is 1. The lowest BCUT2D eigenvalue weighted by Gasteiger charge is -2.24. The van der Waals surface area contributed by atoms with Crippen molar-refractivity contribution in [2.45, 2.75) is 25.5 Å². The standard InChI is InChI=1S/C12H16ClNO2/c13-11-5-1-3-9(7-14)12(11)16-10-4-2-6-15-8-10/h1,3,5,10H,2,4,6-8,14H2. The summed E-state index contributed by atoms with van der Waals surface area (Å²) in [5.41, 5.74) is 6.60. The summed E-state index contributed by atoms with van der Waals surface area (Å²) in [4.78, 5) is 0. The topological polar surface area (TPSA) is 44.5 Å².